The fourth-order valence-corrected chi connectivity index (χ4v) is 4.86. The van der Waals surface area contributed by atoms with Crippen LogP contribution < -0.4 is 25.4 Å². The average Bonchev–Trinajstić information content (AvgIpc) is 3.39. The SMILES string of the molecule is CN1CCN(C(=O)NC2=CC(CNc3ncsc3C(=O)Nc3ccc4c(c3)OC(F)(F)C(F)(F)O4)=CCN2C)CC1. The number of ether oxygens (including phenoxy) is 2. The number of hydrogen-bond donors (Lipinski definition) is 3. The molecule has 0 aliphatic carbocycles. The molecular weight excluding hydrogens is 570 g/mol. The molecule has 3 amide bonds. The van der Waals surface area contributed by atoms with Gasteiger partial charge in [-0.15, -0.1) is 11.3 Å². The number of nitrogens with one attached hydrogen (secondary N) is 3. The van der Waals surface area contributed by atoms with Gasteiger partial charge in [-0.3, -0.25) is 10.1 Å². The van der Waals surface area contributed by atoms with Gasteiger partial charge in [0, 0.05) is 58.1 Å². The van der Waals surface area contributed by atoms with Crippen LogP contribution in [0.5, 0.6) is 11.5 Å². The summed E-state index contributed by atoms with van der Waals surface area (Å²) in [6.07, 6.45) is -5.89. The van der Waals surface area contributed by atoms with Gasteiger partial charge in [0.15, 0.2) is 11.5 Å². The van der Waals surface area contributed by atoms with Gasteiger partial charge in [-0.25, -0.2) is 9.78 Å². The number of likely N-dealkylation sites (N-methyl/N-ethyl adjacent to an activating group) is 2. The van der Waals surface area contributed by atoms with Gasteiger partial charge in [0.1, 0.15) is 16.5 Å². The summed E-state index contributed by atoms with van der Waals surface area (Å²) in [5.74, 6) is -0.897. The van der Waals surface area contributed by atoms with Gasteiger partial charge in [-0.2, -0.15) is 17.6 Å². The topological polar surface area (TPSA) is 111 Å². The van der Waals surface area contributed by atoms with E-state index in [-0.39, 0.29) is 22.4 Å². The minimum Gasteiger partial charge on any atom is -0.421 e. The number of fused-ring (bicyclic) bond motifs is 1. The zero-order valence-electron chi connectivity index (χ0n) is 22.0. The maximum atomic E-state index is 13.5. The minimum absolute atomic E-state index is 0.0272. The van der Waals surface area contributed by atoms with E-state index < -0.39 is 29.6 Å². The van der Waals surface area contributed by atoms with Gasteiger partial charge < -0.3 is 34.8 Å². The summed E-state index contributed by atoms with van der Waals surface area (Å²) in [4.78, 5) is 35.9. The number of benzene rings is 1. The van der Waals surface area contributed by atoms with E-state index in [1.165, 1.54) is 11.6 Å². The van der Waals surface area contributed by atoms with Crippen LogP contribution in [0.25, 0.3) is 0 Å². The molecule has 11 nitrogen and oxygen atoms in total. The molecule has 41 heavy (non-hydrogen) atoms. The smallest absolute Gasteiger partial charge is 0.421 e. The first kappa shape index (κ1) is 28.5. The molecule has 0 radical (unpaired) electrons. The number of piperazine rings is 1. The van der Waals surface area contributed by atoms with E-state index in [4.69, 9.17) is 0 Å². The van der Waals surface area contributed by atoms with Crippen LogP contribution in [-0.2, 0) is 0 Å². The molecule has 4 heterocycles. The van der Waals surface area contributed by atoms with E-state index >= 15 is 0 Å². The summed E-state index contributed by atoms with van der Waals surface area (Å²) in [7, 11) is 3.88. The number of halogens is 4. The molecule has 5 rings (SSSR count). The van der Waals surface area contributed by atoms with Crippen molar-refractivity contribution in [3.8, 4) is 11.5 Å². The minimum atomic E-state index is -4.87. The number of amides is 3. The number of hydrogen-bond acceptors (Lipinski definition) is 9. The number of carbonyl (C=O) groups excluding carboxylic acids is 2. The highest BCUT2D eigenvalue weighted by atomic mass is 32.1. The maximum absolute atomic E-state index is 13.5. The third kappa shape index (κ3) is 6.17. The second kappa shape index (κ2) is 11.1. The molecule has 3 N–H and O–H groups in total. The number of thiazole rings is 1. The van der Waals surface area contributed by atoms with Crippen molar-refractivity contribution in [2.75, 3.05) is 64.0 Å². The van der Waals surface area contributed by atoms with Crippen molar-refractivity contribution in [3.05, 3.63) is 52.1 Å². The first-order valence-electron chi connectivity index (χ1n) is 12.5. The van der Waals surface area contributed by atoms with Crippen LogP contribution in [0.15, 0.2) is 47.3 Å². The summed E-state index contributed by atoms with van der Waals surface area (Å²) in [6.45, 7) is 3.78. The molecule has 3 aliphatic rings. The largest absolute Gasteiger partial charge is 0.507 e. The molecule has 0 atom stereocenters. The van der Waals surface area contributed by atoms with Crippen LogP contribution in [0.3, 0.4) is 0 Å². The molecule has 1 aromatic heterocycles. The predicted octanol–water partition coefficient (Wildman–Crippen LogP) is 3.43. The van der Waals surface area contributed by atoms with E-state index in [1.54, 1.807) is 4.90 Å². The molecule has 1 fully saturated rings. The number of anilines is 2. The van der Waals surface area contributed by atoms with E-state index in [0.717, 1.165) is 42.1 Å². The predicted molar refractivity (Wildman–Crippen MR) is 143 cm³/mol. The maximum Gasteiger partial charge on any atom is 0.507 e. The summed E-state index contributed by atoms with van der Waals surface area (Å²) in [5.41, 5.74) is 2.35. The molecule has 220 valence electrons. The Hall–Kier alpha value is -4.05. The van der Waals surface area contributed by atoms with Gasteiger partial charge >= 0.3 is 18.2 Å². The average molecular weight is 598 g/mol. The van der Waals surface area contributed by atoms with Crippen LogP contribution in [0.1, 0.15) is 9.67 Å². The molecule has 2 aromatic rings. The molecule has 1 saturated heterocycles. The summed E-state index contributed by atoms with van der Waals surface area (Å²) in [5, 5.41) is 8.60. The zero-order chi connectivity index (χ0) is 29.4. The normalized spacial score (nSPS) is 19.7. The number of aromatic nitrogens is 1. The van der Waals surface area contributed by atoms with Gasteiger partial charge in [0.05, 0.1) is 5.51 Å². The first-order chi connectivity index (χ1) is 19.4. The molecule has 0 bridgehead atoms. The Morgan fingerprint density at radius 2 is 1.73 bits per heavy atom. The van der Waals surface area contributed by atoms with Gasteiger partial charge in [-0.1, -0.05) is 6.08 Å². The number of carbonyl (C=O) groups is 2. The molecule has 1 aromatic carbocycles. The van der Waals surface area contributed by atoms with Crippen molar-refractivity contribution in [1.82, 2.24) is 25.0 Å². The first-order valence-corrected chi connectivity index (χ1v) is 13.4. The number of nitrogens with zero attached hydrogens (tertiary/aromatic N) is 4. The van der Waals surface area contributed by atoms with E-state index in [9.17, 15) is 27.2 Å². The zero-order valence-corrected chi connectivity index (χ0v) is 22.9. The summed E-state index contributed by atoms with van der Waals surface area (Å²) in [6, 6.07) is 3.02. The lowest BCUT2D eigenvalue weighted by Crippen LogP contribution is -2.52. The second-order valence-corrected chi connectivity index (χ2v) is 10.5. The number of urea groups is 1. The monoisotopic (exact) mass is 597 g/mol. The standard InChI is InChI=1S/C25H27F4N7O4S/c1-34-7-9-36(10-8-34)23(38)33-19-11-15(5-6-35(19)2)13-30-21-20(41-14-31-21)22(37)32-16-3-4-17-18(12-16)40-25(28,29)24(26,27)39-17/h3-5,11-12,14,30H,6-10,13H2,1-2H3,(H,32,37)(H,33,38). The van der Waals surface area contributed by atoms with Crippen LogP contribution in [0, 0.1) is 0 Å². The van der Waals surface area contributed by atoms with Crippen LogP contribution in [0.4, 0.5) is 33.9 Å². The van der Waals surface area contributed by atoms with Crippen molar-refractivity contribution in [2.24, 2.45) is 0 Å². The molecule has 16 heteroatoms. The molecule has 0 spiro atoms. The van der Waals surface area contributed by atoms with E-state index in [1.807, 2.05) is 31.1 Å². The van der Waals surface area contributed by atoms with Crippen LogP contribution >= 0.6 is 11.3 Å². The lowest BCUT2D eigenvalue weighted by molar-refractivity contribution is -0.391. The van der Waals surface area contributed by atoms with Crippen molar-refractivity contribution in [1.29, 1.82) is 0 Å². The molecule has 0 saturated carbocycles. The fraction of sp³-hybridized carbons (Fsp3) is 0.400. The lowest BCUT2D eigenvalue weighted by Gasteiger charge is -2.34. The van der Waals surface area contributed by atoms with E-state index in [2.05, 4.69) is 35.3 Å². The van der Waals surface area contributed by atoms with Gasteiger partial charge in [0.25, 0.3) is 5.91 Å². The Bertz CT molecular complexity index is 1390. The summed E-state index contributed by atoms with van der Waals surface area (Å²) < 4.78 is 62.0. The van der Waals surface area contributed by atoms with Gasteiger partial charge in [-0.05, 0) is 30.8 Å². The highest BCUT2D eigenvalue weighted by Crippen LogP contribution is 2.47. The van der Waals surface area contributed by atoms with Crippen LogP contribution in [0.2, 0.25) is 0 Å². The van der Waals surface area contributed by atoms with Crippen molar-refractivity contribution < 1.29 is 36.6 Å². The van der Waals surface area contributed by atoms with Crippen LogP contribution in [-0.4, -0.2) is 97.2 Å². The van der Waals surface area contributed by atoms with Crippen molar-refractivity contribution >= 4 is 34.8 Å². The molecule has 3 aliphatic heterocycles. The summed E-state index contributed by atoms with van der Waals surface area (Å²) >= 11 is 1.05. The number of rotatable bonds is 6. The highest BCUT2D eigenvalue weighted by Gasteiger charge is 2.65. The Labute approximate surface area is 236 Å². The lowest BCUT2D eigenvalue weighted by atomic mass is 10.1. The molecule has 0 unspecified atom stereocenters. The third-order valence-corrected chi connectivity index (χ3v) is 7.46. The second-order valence-electron chi connectivity index (χ2n) is 9.65. The Morgan fingerprint density at radius 3 is 2.46 bits per heavy atom. The molecular formula is C25H27F4N7O4S. The fourth-order valence-electron chi connectivity index (χ4n) is 4.20. The third-order valence-electron chi connectivity index (χ3n) is 6.64. The van der Waals surface area contributed by atoms with Gasteiger partial charge in [0.2, 0.25) is 0 Å². The highest BCUT2D eigenvalue weighted by molar-refractivity contribution is 7.12. The quantitative estimate of drug-likeness (QED) is 0.435. The van der Waals surface area contributed by atoms with E-state index in [0.29, 0.717) is 32.0 Å². The van der Waals surface area contributed by atoms with Crippen molar-refractivity contribution in [2.45, 2.75) is 12.2 Å². The van der Waals surface area contributed by atoms with Crippen molar-refractivity contribution in [3.63, 3.8) is 0 Å². The number of alkyl halides is 4. The Morgan fingerprint density at radius 1 is 1.02 bits per heavy atom. The Balaban J connectivity index is 1.20. The Kier molecular flexibility index (Phi) is 7.70.